The van der Waals surface area contributed by atoms with Crippen molar-refractivity contribution in [2.24, 2.45) is 5.14 Å². The first-order valence-electron chi connectivity index (χ1n) is 5.16. The van der Waals surface area contributed by atoms with Crippen molar-refractivity contribution in [2.45, 2.75) is 11.6 Å². The van der Waals surface area contributed by atoms with Crippen molar-refractivity contribution in [3.8, 4) is 0 Å². The van der Waals surface area contributed by atoms with Crippen LogP contribution >= 0.6 is 11.6 Å². The number of halogens is 2. The Morgan fingerprint density at radius 1 is 1.32 bits per heavy atom. The van der Waals surface area contributed by atoms with Crippen LogP contribution in [0.4, 0.5) is 10.1 Å². The summed E-state index contributed by atoms with van der Waals surface area (Å²) in [6.07, 6.45) is 0. The molecular formula is C11H10ClFN2O3S. The quantitative estimate of drug-likeness (QED) is 0.908. The van der Waals surface area contributed by atoms with E-state index >= 15 is 0 Å². The molecule has 0 amide bonds. The third-order valence-electron chi connectivity index (χ3n) is 2.25. The predicted molar refractivity (Wildman–Crippen MR) is 68.8 cm³/mol. The smallest absolute Gasteiger partial charge is 0.271 e. The second-order valence-corrected chi connectivity index (χ2v) is 5.71. The van der Waals surface area contributed by atoms with Crippen LogP contribution in [0.15, 0.2) is 39.8 Å². The van der Waals surface area contributed by atoms with Crippen LogP contribution in [0, 0.1) is 5.82 Å². The number of anilines is 1. The summed E-state index contributed by atoms with van der Waals surface area (Å²) in [5.41, 5.74) is 0.457. The Morgan fingerprint density at radius 2 is 2.05 bits per heavy atom. The Morgan fingerprint density at radius 3 is 2.63 bits per heavy atom. The number of furan rings is 1. The molecule has 0 fully saturated rings. The van der Waals surface area contributed by atoms with Gasteiger partial charge in [0.2, 0.25) is 5.09 Å². The van der Waals surface area contributed by atoms with E-state index in [1.54, 1.807) is 0 Å². The van der Waals surface area contributed by atoms with Crippen LogP contribution in [-0.4, -0.2) is 8.42 Å². The maximum absolute atomic E-state index is 13.1. The fourth-order valence-electron chi connectivity index (χ4n) is 1.45. The highest BCUT2D eigenvalue weighted by molar-refractivity contribution is 7.89. The largest absolute Gasteiger partial charge is 0.446 e. The van der Waals surface area contributed by atoms with Crippen LogP contribution in [-0.2, 0) is 16.6 Å². The Labute approximate surface area is 114 Å². The Kier molecular flexibility index (Phi) is 3.79. The maximum atomic E-state index is 13.1. The van der Waals surface area contributed by atoms with Gasteiger partial charge in [-0.3, -0.25) is 0 Å². The number of hydrogen-bond acceptors (Lipinski definition) is 4. The first-order chi connectivity index (χ1) is 8.84. The van der Waals surface area contributed by atoms with Gasteiger partial charge in [0.15, 0.2) is 0 Å². The zero-order valence-electron chi connectivity index (χ0n) is 9.56. The van der Waals surface area contributed by atoms with Crippen LogP contribution < -0.4 is 10.5 Å². The lowest BCUT2D eigenvalue weighted by Gasteiger charge is -2.05. The minimum atomic E-state index is -3.85. The summed E-state index contributed by atoms with van der Waals surface area (Å²) in [5.74, 6) is -0.121. The number of nitrogens with one attached hydrogen (secondary N) is 1. The molecule has 102 valence electrons. The van der Waals surface area contributed by atoms with Gasteiger partial charge in [-0.1, -0.05) is 11.6 Å². The maximum Gasteiger partial charge on any atom is 0.271 e. The summed E-state index contributed by atoms with van der Waals surface area (Å²) in [6.45, 7) is 0.176. The average Bonchev–Trinajstić information content (AvgIpc) is 2.73. The third kappa shape index (κ3) is 3.69. The lowest BCUT2D eigenvalue weighted by molar-refractivity contribution is 0.419. The van der Waals surface area contributed by atoms with Crippen molar-refractivity contribution in [1.82, 2.24) is 0 Å². The van der Waals surface area contributed by atoms with Gasteiger partial charge in [-0.15, -0.1) is 0 Å². The molecule has 0 spiro atoms. The Hall–Kier alpha value is -1.57. The molecule has 0 bridgehead atoms. The third-order valence-corrected chi connectivity index (χ3v) is 3.25. The lowest BCUT2D eigenvalue weighted by Crippen LogP contribution is -2.10. The number of nitrogens with two attached hydrogens (primary N) is 1. The summed E-state index contributed by atoms with van der Waals surface area (Å²) in [6, 6.07) is 6.70. The van der Waals surface area contributed by atoms with Gasteiger partial charge in [0.05, 0.1) is 6.54 Å². The predicted octanol–water partition coefficient (Wildman–Crippen LogP) is 2.33. The standard InChI is InChI=1S/C11H10ClFN2O3S/c12-7-3-8(13)5-9(4-7)15-6-10-1-2-11(18-10)19(14,16)17/h1-5,15H,6H2,(H2,14,16,17). The van der Waals surface area contributed by atoms with E-state index in [4.69, 9.17) is 21.2 Å². The lowest BCUT2D eigenvalue weighted by atomic mass is 10.3. The first kappa shape index (κ1) is 13.9. The second-order valence-electron chi connectivity index (χ2n) is 3.78. The van der Waals surface area contributed by atoms with Gasteiger partial charge in [0.1, 0.15) is 11.6 Å². The zero-order chi connectivity index (χ0) is 14.0. The molecule has 0 saturated heterocycles. The molecule has 1 aromatic carbocycles. The molecule has 0 unspecified atom stereocenters. The van der Waals surface area contributed by atoms with Crippen molar-refractivity contribution in [3.63, 3.8) is 0 Å². The van der Waals surface area contributed by atoms with E-state index in [1.807, 2.05) is 0 Å². The van der Waals surface area contributed by atoms with Crippen LogP contribution in [0.2, 0.25) is 5.02 Å². The highest BCUT2D eigenvalue weighted by Crippen LogP contribution is 2.19. The molecular weight excluding hydrogens is 295 g/mol. The Bertz CT molecular complexity index is 679. The van der Waals surface area contributed by atoms with Crippen molar-refractivity contribution in [3.05, 3.63) is 46.9 Å². The summed E-state index contributed by atoms with van der Waals surface area (Å²) >= 11 is 5.70. The van der Waals surface area contributed by atoms with Crippen molar-refractivity contribution >= 4 is 27.3 Å². The van der Waals surface area contributed by atoms with E-state index in [-0.39, 0.29) is 16.7 Å². The van der Waals surface area contributed by atoms with Gasteiger partial charge in [-0.25, -0.2) is 17.9 Å². The molecule has 0 saturated carbocycles. The van der Waals surface area contributed by atoms with Gasteiger partial charge >= 0.3 is 0 Å². The van der Waals surface area contributed by atoms with Crippen LogP contribution in [0.5, 0.6) is 0 Å². The average molecular weight is 305 g/mol. The normalized spacial score (nSPS) is 11.5. The molecule has 2 aromatic rings. The molecule has 0 atom stereocenters. The van der Waals surface area contributed by atoms with E-state index < -0.39 is 15.8 Å². The summed E-state index contributed by atoms with van der Waals surface area (Å²) < 4.78 is 40.1. The van der Waals surface area contributed by atoms with E-state index in [2.05, 4.69) is 5.32 Å². The summed E-state index contributed by atoms with van der Waals surface area (Å²) in [7, 11) is -3.85. The fraction of sp³-hybridized carbons (Fsp3) is 0.0909. The van der Waals surface area contributed by atoms with Gasteiger partial charge in [0, 0.05) is 10.7 Å². The minimum absolute atomic E-state index is 0.176. The number of sulfonamides is 1. The Balaban J connectivity index is 2.08. The first-order valence-corrected chi connectivity index (χ1v) is 7.08. The SMILES string of the molecule is NS(=O)(=O)c1ccc(CNc2cc(F)cc(Cl)c2)o1. The topological polar surface area (TPSA) is 85.3 Å². The molecule has 3 N–H and O–H groups in total. The molecule has 0 aliphatic rings. The molecule has 1 aromatic heterocycles. The fourth-order valence-corrected chi connectivity index (χ4v) is 2.15. The van der Waals surface area contributed by atoms with Crippen molar-refractivity contribution in [1.29, 1.82) is 0 Å². The molecule has 8 heteroatoms. The van der Waals surface area contributed by atoms with Gasteiger partial charge in [-0.05, 0) is 30.3 Å². The molecule has 5 nitrogen and oxygen atoms in total. The molecule has 1 heterocycles. The van der Waals surface area contributed by atoms with Crippen molar-refractivity contribution in [2.75, 3.05) is 5.32 Å². The van der Waals surface area contributed by atoms with Gasteiger partial charge < -0.3 is 9.73 Å². The van der Waals surface area contributed by atoms with Crippen LogP contribution in [0.1, 0.15) is 5.76 Å². The van der Waals surface area contributed by atoms with E-state index in [0.717, 1.165) is 0 Å². The monoisotopic (exact) mass is 304 g/mol. The molecule has 2 rings (SSSR count). The van der Waals surface area contributed by atoms with E-state index in [1.165, 1.54) is 30.3 Å². The minimum Gasteiger partial charge on any atom is -0.446 e. The van der Waals surface area contributed by atoms with E-state index in [0.29, 0.717) is 11.4 Å². The molecule has 0 aliphatic carbocycles. The van der Waals surface area contributed by atoms with Crippen LogP contribution in [0.25, 0.3) is 0 Å². The highest BCUT2D eigenvalue weighted by atomic mass is 35.5. The van der Waals surface area contributed by atoms with Gasteiger partial charge in [-0.2, -0.15) is 0 Å². The number of rotatable bonds is 4. The van der Waals surface area contributed by atoms with Crippen LogP contribution in [0.3, 0.4) is 0 Å². The number of primary sulfonamides is 1. The molecule has 0 aliphatic heterocycles. The second kappa shape index (κ2) is 5.20. The number of benzene rings is 1. The zero-order valence-corrected chi connectivity index (χ0v) is 11.1. The summed E-state index contributed by atoms with van der Waals surface area (Å²) in [5, 5.41) is 7.70. The van der Waals surface area contributed by atoms with E-state index in [9.17, 15) is 12.8 Å². The molecule has 19 heavy (non-hydrogen) atoms. The summed E-state index contributed by atoms with van der Waals surface area (Å²) in [4.78, 5) is 0. The molecule has 0 radical (unpaired) electrons. The number of hydrogen-bond donors (Lipinski definition) is 2. The highest BCUT2D eigenvalue weighted by Gasteiger charge is 2.13. The van der Waals surface area contributed by atoms with Gasteiger partial charge in [0.25, 0.3) is 10.0 Å². The van der Waals surface area contributed by atoms with Crippen molar-refractivity contribution < 1.29 is 17.2 Å².